The number of nitrogens with one attached hydrogen (secondary N) is 1. The van der Waals surface area contributed by atoms with Crippen molar-refractivity contribution in [2.24, 2.45) is 0 Å². The van der Waals surface area contributed by atoms with Crippen LogP contribution in [-0.2, 0) is 9.59 Å². The lowest BCUT2D eigenvalue weighted by Crippen LogP contribution is -2.36. The van der Waals surface area contributed by atoms with Crippen LogP contribution < -0.4 is 14.8 Å². The van der Waals surface area contributed by atoms with E-state index in [1.807, 2.05) is 26.0 Å². The van der Waals surface area contributed by atoms with Crippen molar-refractivity contribution in [1.29, 1.82) is 0 Å². The molecule has 1 aliphatic rings. The summed E-state index contributed by atoms with van der Waals surface area (Å²) in [4.78, 5) is 38.6. The smallest absolute Gasteiger partial charge is 0.294 e. The van der Waals surface area contributed by atoms with Crippen LogP contribution in [0.3, 0.4) is 0 Å². The quantitative estimate of drug-likeness (QED) is 0.703. The minimum absolute atomic E-state index is 0.242. The lowest BCUT2D eigenvalue weighted by Gasteiger charge is -2.14. The molecule has 0 radical (unpaired) electrons. The largest absolute Gasteiger partial charge is 0.493 e. The summed E-state index contributed by atoms with van der Waals surface area (Å²) >= 11 is 0.800. The van der Waals surface area contributed by atoms with Gasteiger partial charge < -0.3 is 14.8 Å². The van der Waals surface area contributed by atoms with Crippen LogP contribution in [0.25, 0.3) is 6.08 Å². The van der Waals surface area contributed by atoms with E-state index >= 15 is 0 Å². The van der Waals surface area contributed by atoms with Gasteiger partial charge in [0, 0.05) is 5.69 Å². The van der Waals surface area contributed by atoms with E-state index in [1.165, 1.54) is 14.2 Å². The number of hydrogen-bond acceptors (Lipinski definition) is 6. The molecule has 3 amide bonds. The number of nitrogens with zero attached hydrogens (tertiary/aromatic N) is 1. The first-order chi connectivity index (χ1) is 14.3. The summed E-state index contributed by atoms with van der Waals surface area (Å²) in [5, 5.41) is 2.27. The number of benzene rings is 2. The number of carbonyl (C=O) groups excluding carboxylic acids is 3. The highest BCUT2D eigenvalue weighted by Crippen LogP contribution is 2.34. The molecule has 0 aliphatic carbocycles. The van der Waals surface area contributed by atoms with E-state index < -0.39 is 17.1 Å². The fourth-order valence-corrected chi connectivity index (χ4v) is 3.86. The Labute approximate surface area is 179 Å². The minimum atomic E-state index is -0.504. The van der Waals surface area contributed by atoms with E-state index in [0.717, 1.165) is 27.8 Å². The van der Waals surface area contributed by atoms with Gasteiger partial charge in [0.2, 0.25) is 5.91 Å². The molecule has 0 aromatic heterocycles. The summed E-state index contributed by atoms with van der Waals surface area (Å²) in [7, 11) is 3.05. The molecule has 8 heteroatoms. The van der Waals surface area contributed by atoms with Gasteiger partial charge in [-0.25, -0.2) is 0 Å². The first kappa shape index (κ1) is 21.4. The van der Waals surface area contributed by atoms with Crippen molar-refractivity contribution >= 4 is 40.6 Å². The Kier molecular flexibility index (Phi) is 6.47. The molecule has 30 heavy (non-hydrogen) atoms. The second-order valence-corrected chi connectivity index (χ2v) is 7.74. The summed E-state index contributed by atoms with van der Waals surface area (Å²) < 4.78 is 10.5. The van der Waals surface area contributed by atoms with Crippen molar-refractivity contribution in [2.75, 3.05) is 26.1 Å². The topological polar surface area (TPSA) is 84.9 Å². The third kappa shape index (κ3) is 4.65. The number of thioether (sulfide) groups is 1. The normalized spacial score (nSPS) is 14.9. The van der Waals surface area contributed by atoms with Crippen LogP contribution in [0.2, 0.25) is 0 Å². The predicted molar refractivity (Wildman–Crippen MR) is 117 cm³/mol. The fraction of sp³-hybridized carbons (Fsp3) is 0.227. The van der Waals surface area contributed by atoms with Gasteiger partial charge >= 0.3 is 0 Å². The molecule has 1 saturated heterocycles. The van der Waals surface area contributed by atoms with Crippen molar-refractivity contribution in [3.8, 4) is 11.5 Å². The number of carbonyl (C=O) groups is 3. The maximum absolute atomic E-state index is 12.7. The van der Waals surface area contributed by atoms with E-state index in [1.54, 1.807) is 30.3 Å². The molecule has 0 atom stereocenters. The summed E-state index contributed by atoms with van der Waals surface area (Å²) in [6.07, 6.45) is 1.59. The zero-order chi connectivity index (χ0) is 21.8. The molecule has 156 valence electrons. The molecule has 1 fully saturated rings. The molecule has 2 aromatic carbocycles. The first-order valence-electron chi connectivity index (χ1n) is 9.17. The first-order valence-corrected chi connectivity index (χ1v) is 9.98. The van der Waals surface area contributed by atoms with Crippen LogP contribution in [0.4, 0.5) is 10.5 Å². The number of amides is 3. The van der Waals surface area contributed by atoms with E-state index in [4.69, 9.17) is 9.47 Å². The van der Waals surface area contributed by atoms with Crippen molar-refractivity contribution < 1.29 is 23.9 Å². The molecule has 1 aliphatic heterocycles. The SMILES string of the molecule is COc1ccc(/C=C2/SC(=O)N(CC(=O)Nc3ccc(C)cc3C)C2=O)cc1OC. The number of methoxy groups -OCH3 is 2. The van der Waals surface area contributed by atoms with Gasteiger partial charge in [-0.2, -0.15) is 0 Å². The van der Waals surface area contributed by atoms with Crippen LogP contribution in [0.1, 0.15) is 16.7 Å². The summed E-state index contributed by atoms with van der Waals surface area (Å²) in [6, 6.07) is 10.8. The number of rotatable bonds is 6. The molecule has 3 rings (SSSR count). The minimum Gasteiger partial charge on any atom is -0.493 e. The summed E-state index contributed by atoms with van der Waals surface area (Å²) in [6.45, 7) is 3.50. The van der Waals surface area contributed by atoms with Gasteiger partial charge in [0.25, 0.3) is 11.1 Å². The monoisotopic (exact) mass is 426 g/mol. The van der Waals surface area contributed by atoms with Crippen molar-refractivity contribution in [2.45, 2.75) is 13.8 Å². The van der Waals surface area contributed by atoms with Gasteiger partial charge in [-0.1, -0.05) is 23.8 Å². The molecule has 0 bridgehead atoms. The standard InChI is InChI=1S/C22H22N2O5S/c1-13-5-7-16(14(2)9-13)23-20(25)12-24-21(26)19(30-22(24)27)11-15-6-8-17(28-3)18(10-15)29-4/h5-11H,12H2,1-4H3,(H,23,25)/b19-11+. The van der Waals surface area contributed by atoms with Crippen LogP contribution in [0, 0.1) is 13.8 Å². The van der Waals surface area contributed by atoms with Crippen LogP contribution in [0.15, 0.2) is 41.3 Å². The van der Waals surface area contributed by atoms with Crippen molar-refractivity contribution in [3.05, 3.63) is 58.0 Å². The zero-order valence-electron chi connectivity index (χ0n) is 17.1. The molecular weight excluding hydrogens is 404 g/mol. The fourth-order valence-electron chi connectivity index (χ4n) is 3.02. The van der Waals surface area contributed by atoms with Gasteiger partial charge in [-0.3, -0.25) is 19.3 Å². The highest BCUT2D eigenvalue weighted by molar-refractivity contribution is 8.18. The third-order valence-corrected chi connectivity index (χ3v) is 5.44. The van der Waals surface area contributed by atoms with E-state index in [0.29, 0.717) is 22.7 Å². The number of ether oxygens (including phenoxy) is 2. The maximum atomic E-state index is 12.7. The van der Waals surface area contributed by atoms with E-state index in [9.17, 15) is 14.4 Å². The Balaban J connectivity index is 1.73. The van der Waals surface area contributed by atoms with E-state index in [2.05, 4.69) is 5.32 Å². The number of aryl methyl sites for hydroxylation is 2. The number of anilines is 1. The average Bonchev–Trinajstić information content (AvgIpc) is 2.97. The van der Waals surface area contributed by atoms with Gasteiger partial charge in [0.15, 0.2) is 11.5 Å². The predicted octanol–water partition coefficient (Wildman–Crippen LogP) is 4.00. The average molecular weight is 426 g/mol. The van der Waals surface area contributed by atoms with Gasteiger partial charge in [-0.05, 0) is 61.0 Å². The van der Waals surface area contributed by atoms with Crippen LogP contribution >= 0.6 is 11.8 Å². The second kappa shape index (κ2) is 9.04. The maximum Gasteiger partial charge on any atom is 0.294 e. The molecular formula is C22H22N2O5S. The summed E-state index contributed by atoms with van der Waals surface area (Å²) in [5.41, 5.74) is 3.32. The van der Waals surface area contributed by atoms with Gasteiger partial charge in [0.05, 0.1) is 19.1 Å². The van der Waals surface area contributed by atoms with Crippen LogP contribution in [0.5, 0.6) is 11.5 Å². The molecule has 2 aromatic rings. The van der Waals surface area contributed by atoms with E-state index in [-0.39, 0.29) is 11.4 Å². The number of hydrogen-bond donors (Lipinski definition) is 1. The lowest BCUT2D eigenvalue weighted by atomic mass is 10.1. The number of imide groups is 1. The molecule has 0 spiro atoms. The Morgan fingerprint density at radius 1 is 1.07 bits per heavy atom. The zero-order valence-corrected chi connectivity index (χ0v) is 18.0. The Morgan fingerprint density at radius 2 is 1.80 bits per heavy atom. The molecule has 7 nitrogen and oxygen atoms in total. The van der Waals surface area contributed by atoms with Gasteiger partial charge in [-0.15, -0.1) is 0 Å². The van der Waals surface area contributed by atoms with Crippen molar-refractivity contribution in [3.63, 3.8) is 0 Å². The molecule has 1 N–H and O–H groups in total. The Morgan fingerprint density at radius 3 is 2.47 bits per heavy atom. The summed E-state index contributed by atoms with van der Waals surface area (Å²) in [5.74, 6) is 0.135. The Bertz CT molecular complexity index is 1050. The molecule has 1 heterocycles. The second-order valence-electron chi connectivity index (χ2n) is 6.75. The van der Waals surface area contributed by atoms with Crippen molar-refractivity contribution in [1.82, 2.24) is 4.90 Å². The Hall–Kier alpha value is -3.26. The molecule has 0 unspecified atom stereocenters. The van der Waals surface area contributed by atoms with Gasteiger partial charge in [0.1, 0.15) is 6.54 Å². The van der Waals surface area contributed by atoms with Crippen LogP contribution in [-0.4, -0.2) is 42.7 Å². The highest BCUT2D eigenvalue weighted by Gasteiger charge is 2.36. The highest BCUT2D eigenvalue weighted by atomic mass is 32.2. The third-order valence-electron chi connectivity index (χ3n) is 4.54. The molecule has 0 saturated carbocycles. The lowest BCUT2D eigenvalue weighted by molar-refractivity contribution is -0.127.